The van der Waals surface area contributed by atoms with Crippen LogP contribution >= 0.6 is 11.6 Å². The van der Waals surface area contributed by atoms with Crippen LogP contribution in [0.3, 0.4) is 0 Å². The smallest absolute Gasteiger partial charge is 0.338 e. The van der Waals surface area contributed by atoms with Crippen LogP contribution in [0.2, 0.25) is 5.02 Å². The van der Waals surface area contributed by atoms with E-state index in [0.29, 0.717) is 11.3 Å². The van der Waals surface area contributed by atoms with E-state index in [2.05, 4.69) is 16.1 Å². The van der Waals surface area contributed by atoms with Crippen molar-refractivity contribution in [2.24, 2.45) is 0 Å². The number of nitro benzene ring substituents is 1. The highest BCUT2D eigenvalue weighted by Crippen LogP contribution is 2.32. The maximum Gasteiger partial charge on any atom is 0.338 e. The van der Waals surface area contributed by atoms with Gasteiger partial charge in [-0.15, -0.1) is 0 Å². The van der Waals surface area contributed by atoms with E-state index in [1.807, 2.05) is 30.3 Å². The number of hydrogen-bond donors (Lipinski definition) is 1. The van der Waals surface area contributed by atoms with Crippen LogP contribution in [-0.4, -0.2) is 23.9 Å². The standard InChI is InChI=1S/C23H16ClN3O5/c1-32-23(29)16-9-15(10-18(11-16)27(30)31)22(28)26-17-7-8-19(21(24)12-17)20(13-25)14-5-3-2-4-6-14/h2-12,20H,1H3,(H,26,28). The summed E-state index contributed by atoms with van der Waals surface area (Å²) < 4.78 is 4.59. The molecule has 0 aliphatic carbocycles. The first-order valence-corrected chi connectivity index (χ1v) is 9.65. The number of nitro groups is 1. The number of nitriles is 1. The lowest BCUT2D eigenvalue weighted by molar-refractivity contribution is -0.384. The fraction of sp³-hybridized carbons (Fsp3) is 0.0870. The number of methoxy groups -OCH3 is 1. The Labute approximate surface area is 188 Å². The number of nitrogens with one attached hydrogen (secondary N) is 1. The lowest BCUT2D eigenvalue weighted by atomic mass is 9.92. The monoisotopic (exact) mass is 449 g/mol. The topological polar surface area (TPSA) is 122 Å². The summed E-state index contributed by atoms with van der Waals surface area (Å²) in [6, 6.07) is 19.3. The molecule has 0 saturated carbocycles. The van der Waals surface area contributed by atoms with Crippen LogP contribution < -0.4 is 5.32 Å². The maximum absolute atomic E-state index is 12.7. The second-order valence-corrected chi connectivity index (χ2v) is 7.09. The normalized spacial score (nSPS) is 11.2. The quantitative estimate of drug-likeness (QED) is 0.323. The first-order chi connectivity index (χ1) is 15.3. The van der Waals surface area contributed by atoms with Crippen LogP contribution in [-0.2, 0) is 4.74 Å². The minimum Gasteiger partial charge on any atom is -0.465 e. The number of halogens is 1. The van der Waals surface area contributed by atoms with Crippen molar-refractivity contribution in [3.63, 3.8) is 0 Å². The van der Waals surface area contributed by atoms with Crippen molar-refractivity contribution >= 4 is 34.9 Å². The highest BCUT2D eigenvalue weighted by Gasteiger charge is 2.20. The van der Waals surface area contributed by atoms with Gasteiger partial charge < -0.3 is 10.1 Å². The Morgan fingerprint density at radius 2 is 1.78 bits per heavy atom. The van der Waals surface area contributed by atoms with Crippen molar-refractivity contribution < 1.29 is 19.2 Å². The molecule has 0 saturated heterocycles. The molecule has 3 aromatic carbocycles. The van der Waals surface area contributed by atoms with Crippen molar-refractivity contribution in [3.05, 3.63) is 104 Å². The molecule has 1 amide bonds. The second-order valence-electron chi connectivity index (χ2n) is 6.68. The average molecular weight is 450 g/mol. The Kier molecular flexibility index (Phi) is 6.83. The summed E-state index contributed by atoms with van der Waals surface area (Å²) in [4.78, 5) is 34.9. The number of amides is 1. The SMILES string of the molecule is COC(=O)c1cc(C(=O)Nc2ccc(C(C#N)c3ccccc3)c(Cl)c2)cc([N+](=O)[O-])c1. The zero-order valence-corrected chi connectivity index (χ0v) is 17.5. The molecule has 3 rings (SSSR count). The number of hydrogen-bond acceptors (Lipinski definition) is 6. The molecule has 0 radical (unpaired) electrons. The lowest BCUT2D eigenvalue weighted by Gasteiger charge is -2.14. The molecule has 0 fully saturated rings. The third-order valence-corrected chi connectivity index (χ3v) is 4.97. The molecular weight excluding hydrogens is 434 g/mol. The maximum atomic E-state index is 12.7. The van der Waals surface area contributed by atoms with E-state index in [4.69, 9.17) is 11.6 Å². The van der Waals surface area contributed by atoms with E-state index in [0.717, 1.165) is 24.8 Å². The minimum absolute atomic E-state index is 0.0982. The highest BCUT2D eigenvalue weighted by atomic mass is 35.5. The predicted octanol–water partition coefficient (Wildman–Crippen LogP) is 4.94. The summed E-state index contributed by atoms with van der Waals surface area (Å²) in [5.41, 5.74) is 1.02. The van der Waals surface area contributed by atoms with Crippen LogP contribution in [0.4, 0.5) is 11.4 Å². The molecule has 0 heterocycles. The molecule has 0 aromatic heterocycles. The third kappa shape index (κ3) is 4.91. The lowest BCUT2D eigenvalue weighted by Crippen LogP contribution is -2.14. The third-order valence-electron chi connectivity index (χ3n) is 4.64. The van der Waals surface area contributed by atoms with Crippen LogP contribution in [0.15, 0.2) is 66.7 Å². The van der Waals surface area contributed by atoms with Crippen molar-refractivity contribution in [2.45, 2.75) is 5.92 Å². The first kappa shape index (κ1) is 22.5. The molecule has 9 heteroatoms. The molecule has 1 unspecified atom stereocenters. The van der Waals surface area contributed by atoms with Gasteiger partial charge in [-0.2, -0.15) is 5.26 Å². The zero-order valence-electron chi connectivity index (χ0n) is 16.7. The predicted molar refractivity (Wildman–Crippen MR) is 118 cm³/mol. The van der Waals surface area contributed by atoms with Crippen molar-refractivity contribution in [3.8, 4) is 6.07 Å². The molecule has 0 spiro atoms. The summed E-state index contributed by atoms with van der Waals surface area (Å²) >= 11 is 6.38. The van der Waals surface area contributed by atoms with Crippen LogP contribution in [0, 0.1) is 21.4 Å². The largest absolute Gasteiger partial charge is 0.465 e. The summed E-state index contributed by atoms with van der Waals surface area (Å²) in [6.45, 7) is 0. The molecule has 0 bridgehead atoms. The van der Waals surface area contributed by atoms with Gasteiger partial charge in [-0.25, -0.2) is 4.79 Å². The highest BCUT2D eigenvalue weighted by molar-refractivity contribution is 6.32. The Morgan fingerprint density at radius 1 is 1.09 bits per heavy atom. The Bertz CT molecular complexity index is 1240. The number of carbonyl (C=O) groups excluding carboxylic acids is 2. The number of ether oxygens (including phenoxy) is 1. The van der Waals surface area contributed by atoms with Gasteiger partial charge in [0.25, 0.3) is 11.6 Å². The van der Waals surface area contributed by atoms with E-state index in [1.165, 1.54) is 12.1 Å². The van der Waals surface area contributed by atoms with Crippen molar-refractivity contribution in [1.29, 1.82) is 5.26 Å². The molecule has 0 aliphatic heterocycles. The number of esters is 1. The zero-order chi connectivity index (χ0) is 23.3. The number of rotatable bonds is 6. The molecule has 32 heavy (non-hydrogen) atoms. The Hall–Kier alpha value is -4.22. The fourth-order valence-electron chi connectivity index (χ4n) is 3.09. The summed E-state index contributed by atoms with van der Waals surface area (Å²) in [7, 11) is 1.13. The average Bonchev–Trinajstić information content (AvgIpc) is 2.80. The number of nitrogens with zero attached hydrogens (tertiary/aromatic N) is 2. The second kappa shape index (κ2) is 9.73. The van der Waals surface area contributed by atoms with Crippen LogP contribution in [0.1, 0.15) is 37.8 Å². The number of carbonyl (C=O) groups is 2. The van der Waals surface area contributed by atoms with Gasteiger partial charge in [-0.05, 0) is 29.3 Å². The van der Waals surface area contributed by atoms with Crippen LogP contribution in [0.25, 0.3) is 0 Å². The van der Waals surface area contributed by atoms with Gasteiger partial charge in [0.1, 0.15) is 0 Å². The Morgan fingerprint density at radius 3 is 2.38 bits per heavy atom. The van der Waals surface area contributed by atoms with E-state index >= 15 is 0 Å². The molecule has 8 nitrogen and oxygen atoms in total. The molecule has 0 aliphatic rings. The Balaban J connectivity index is 1.88. The number of benzene rings is 3. The van der Waals surface area contributed by atoms with Crippen molar-refractivity contribution in [1.82, 2.24) is 0 Å². The van der Waals surface area contributed by atoms with Gasteiger partial charge in [0, 0.05) is 28.4 Å². The van der Waals surface area contributed by atoms with E-state index in [-0.39, 0.29) is 16.1 Å². The van der Waals surface area contributed by atoms with E-state index in [1.54, 1.807) is 12.1 Å². The number of anilines is 1. The van der Waals surface area contributed by atoms with Gasteiger partial charge in [0.2, 0.25) is 0 Å². The van der Waals surface area contributed by atoms with Gasteiger partial charge in [-0.1, -0.05) is 48.0 Å². The van der Waals surface area contributed by atoms with Gasteiger partial charge in [0.15, 0.2) is 0 Å². The molecule has 160 valence electrons. The van der Waals surface area contributed by atoms with Gasteiger partial charge >= 0.3 is 5.97 Å². The first-order valence-electron chi connectivity index (χ1n) is 9.27. The van der Waals surface area contributed by atoms with E-state index in [9.17, 15) is 25.0 Å². The van der Waals surface area contributed by atoms with Crippen LogP contribution in [0.5, 0.6) is 0 Å². The van der Waals surface area contributed by atoms with Gasteiger partial charge in [-0.3, -0.25) is 14.9 Å². The molecule has 3 aromatic rings. The molecule has 1 atom stereocenters. The summed E-state index contributed by atoms with van der Waals surface area (Å²) in [5, 5.41) is 23.6. The molecule has 1 N–H and O–H groups in total. The van der Waals surface area contributed by atoms with Crippen molar-refractivity contribution in [2.75, 3.05) is 12.4 Å². The fourth-order valence-corrected chi connectivity index (χ4v) is 3.38. The molecular formula is C23H16ClN3O5. The minimum atomic E-state index is -0.807. The summed E-state index contributed by atoms with van der Waals surface area (Å²) in [5.74, 6) is -2.07. The van der Waals surface area contributed by atoms with E-state index < -0.39 is 28.4 Å². The summed E-state index contributed by atoms with van der Waals surface area (Å²) in [6.07, 6.45) is 0. The number of non-ortho nitro benzene ring substituents is 1. The van der Waals surface area contributed by atoms with Gasteiger partial charge in [0.05, 0.1) is 29.6 Å².